The van der Waals surface area contributed by atoms with Crippen LogP contribution in [0.5, 0.6) is 0 Å². The molecule has 2 aromatic rings. The van der Waals surface area contributed by atoms with Crippen LogP contribution < -0.4 is 15.5 Å². The molecule has 2 heterocycles. The number of nitrogens with one attached hydrogen (secondary N) is 2. The Bertz CT molecular complexity index is 755. The molecule has 0 saturated carbocycles. The fourth-order valence-electron chi connectivity index (χ4n) is 3.00. The molecular weight excluding hydrogens is 481 g/mol. The van der Waals surface area contributed by atoms with Crippen LogP contribution in [0.25, 0.3) is 0 Å². The number of hydrogen-bond acceptors (Lipinski definition) is 5. The number of rotatable bonds is 7. The van der Waals surface area contributed by atoms with Gasteiger partial charge >= 0.3 is 0 Å². The molecule has 29 heavy (non-hydrogen) atoms. The second-order valence-electron chi connectivity index (χ2n) is 7.19. The monoisotopic (exact) mass is 513 g/mol. The number of aliphatic imine (C=N–C) groups is 1. The lowest BCUT2D eigenvalue weighted by molar-refractivity contribution is 0.122. The zero-order valence-corrected chi connectivity index (χ0v) is 19.8. The molecule has 0 radical (unpaired) electrons. The van der Waals surface area contributed by atoms with E-state index in [-0.39, 0.29) is 24.0 Å². The van der Waals surface area contributed by atoms with Gasteiger partial charge in [0.1, 0.15) is 0 Å². The molecule has 0 bridgehead atoms. The van der Waals surface area contributed by atoms with Crippen molar-refractivity contribution in [3.8, 4) is 0 Å². The first-order chi connectivity index (χ1) is 13.7. The lowest BCUT2D eigenvalue weighted by Crippen LogP contribution is -2.36. The minimum Gasteiger partial charge on any atom is -0.378 e. The van der Waals surface area contributed by atoms with Gasteiger partial charge in [-0.05, 0) is 30.5 Å². The standard InChI is InChI=1S/C21H31N5O2.HI/c1-4-22-21(24-15-19-13-20(16(2)3)25-28-19)23-14-17-5-7-18(8-6-17)26-9-11-27-12-10-26;/h5-8,13,16H,4,9-12,14-15H2,1-3H3,(H2,22,23,24);1H. The third-order valence-corrected chi connectivity index (χ3v) is 4.68. The van der Waals surface area contributed by atoms with Crippen LogP contribution >= 0.6 is 24.0 Å². The molecule has 160 valence electrons. The number of nitrogens with zero attached hydrogens (tertiary/aromatic N) is 3. The van der Waals surface area contributed by atoms with Gasteiger partial charge in [-0.3, -0.25) is 0 Å². The van der Waals surface area contributed by atoms with Crippen LogP contribution in [0.4, 0.5) is 5.69 Å². The van der Waals surface area contributed by atoms with Crippen LogP contribution in [0.3, 0.4) is 0 Å². The average molecular weight is 513 g/mol. The Kier molecular flexibility index (Phi) is 9.72. The summed E-state index contributed by atoms with van der Waals surface area (Å²) in [6, 6.07) is 10.6. The van der Waals surface area contributed by atoms with Crippen LogP contribution in [0.15, 0.2) is 39.8 Å². The Morgan fingerprint density at radius 2 is 1.90 bits per heavy atom. The summed E-state index contributed by atoms with van der Waals surface area (Å²) < 4.78 is 10.8. The normalized spacial score (nSPS) is 14.6. The Morgan fingerprint density at radius 3 is 2.52 bits per heavy atom. The summed E-state index contributed by atoms with van der Waals surface area (Å²) in [6.07, 6.45) is 0. The molecule has 3 rings (SSSR count). The summed E-state index contributed by atoms with van der Waals surface area (Å²) in [5.41, 5.74) is 3.39. The van der Waals surface area contributed by atoms with Crippen molar-refractivity contribution in [2.75, 3.05) is 37.7 Å². The Hall–Kier alpha value is -1.81. The van der Waals surface area contributed by atoms with E-state index in [0.717, 1.165) is 50.3 Å². The smallest absolute Gasteiger partial charge is 0.191 e. The molecule has 1 fully saturated rings. The van der Waals surface area contributed by atoms with E-state index in [4.69, 9.17) is 9.26 Å². The van der Waals surface area contributed by atoms with Crippen LogP contribution in [0.2, 0.25) is 0 Å². The van der Waals surface area contributed by atoms with Crippen molar-refractivity contribution in [1.29, 1.82) is 0 Å². The van der Waals surface area contributed by atoms with Gasteiger partial charge in [-0.15, -0.1) is 24.0 Å². The van der Waals surface area contributed by atoms with Crippen LogP contribution in [0, 0.1) is 0 Å². The highest BCUT2D eigenvalue weighted by atomic mass is 127. The summed E-state index contributed by atoms with van der Waals surface area (Å²) in [5.74, 6) is 1.94. The fourth-order valence-corrected chi connectivity index (χ4v) is 3.00. The Morgan fingerprint density at radius 1 is 1.17 bits per heavy atom. The molecule has 1 aromatic carbocycles. The molecule has 8 heteroatoms. The predicted molar refractivity (Wildman–Crippen MR) is 127 cm³/mol. The summed E-state index contributed by atoms with van der Waals surface area (Å²) >= 11 is 0. The van der Waals surface area contributed by atoms with E-state index in [9.17, 15) is 0 Å². The quantitative estimate of drug-likeness (QED) is 0.336. The van der Waals surface area contributed by atoms with Crippen LogP contribution in [-0.2, 0) is 17.8 Å². The maximum Gasteiger partial charge on any atom is 0.191 e. The minimum atomic E-state index is 0. The predicted octanol–water partition coefficient (Wildman–Crippen LogP) is 3.51. The number of guanidine groups is 1. The summed E-state index contributed by atoms with van der Waals surface area (Å²) in [7, 11) is 0. The lowest BCUT2D eigenvalue weighted by atomic mass is 10.1. The zero-order chi connectivity index (χ0) is 19.8. The van der Waals surface area contributed by atoms with E-state index < -0.39 is 0 Å². The van der Waals surface area contributed by atoms with Gasteiger partial charge < -0.3 is 24.8 Å². The number of ether oxygens (including phenoxy) is 1. The van der Waals surface area contributed by atoms with Crippen molar-refractivity contribution < 1.29 is 9.26 Å². The molecule has 0 amide bonds. The first-order valence-corrected chi connectivity index (χ1v) is 10.0. The van der Waals surface area contributed by atoms with E-state index >= 15 is 0 Å². The van der Waals surface area contributed by atoms with Gasteiger partial charge in [0.15, 0.2) is 11.7 Å². The zero-order valence-electron chi connectivity index (χ0n) is 17.5. The molecule has 0 aliphatic carbocycles. The number of aromatic nitrogens is 1. The van der Waals surface area contributed by atoms with Crippen molar-refractivity contribution in [2.45, 2.75) is 39.8 Å². The Balaban J connectivity index is 0.00000300. The largest absolute Gasteiger partial charge is 0.378 e. The van der Waals surface area contributed by atoms with Crippen LogP contribution in [0.1, 0.15) is 43.7 Å². The molecule has 1 aliphatic heterocycles. The molecule has 1 saturated heterocycles. The van der Waals surface area contributed by atoms with E-state index in [2.05, 4.69) is 70.7 Å². The lowest BCUT2D eigenvalue weighted by Gasteiger charge is -2.28. The van der Waals surface area contributed by atoms with Gasteiger partial charge in [0.05, 0.1) is 32.0 Å². The molecule has 1 aromatic heterocycles. The topological polar surface area (TPSA) is 74.9 Å². The third kappa shape index (κ3) is 7.18. The van der Waals surface area contributed by atoms with Gasteiger partial charge in [0, 0.05) is 31.4 Å². The van der Waals surface area contributed by atoms with E-state index in [1.807, 2.05) is 6.07 Å². The van der Waals surface area contributed by atoms with Crippen LogP contribution in [-0.4, -0.2) is 44.0 Å². The van der Waals surface area contributed by atoms with E-state index in [1.54, 1.807) is 0 Å². The van der Waals surface area contributed by atoms with E-state index in [0.29, 0.717) is 19.0 Å². The van der Waals surface area contributed by atoms with Gasteiger partial charge in [-0.2, -0.15) is 0 Å². The van der Waals surface area contributed by atoms with Crippen molar-refractivity contribution in [3.05, 3.63) is 47.3 Å². The third-order valence-electron chi connectivity index (χ3n) is 4.68. The summed E-state index contributed by atoms with van der Waals surface area (Å²) in [6.45, 7) is 11.7. The molecule has 0 atom stereocenters. The maximum atomic E-state index is 5.42. The number of halogens is 1. The second kappa shape index (κ2) is 12.0. The van der Waals surface area contributed by atoms with Gasteiger partial charge in [-0.1, -0.05) is 31.1 Å². The molecule has 2 N–H and O–H groups in total. The Labute approximate surface area is 190 Å². The molecule has 7 nitrogen and oxygen atoms in total. The summed E-state index contributed by atoms with van der Waals surface area (Å²) in [5, 5.41) is 10.7. The highest BCUT2D eigenvalue weighted by Crippen LogP contribution is 2.17. The molecule has 0 unspecified atom stereocenters. The number of benzene rings is 1. The minimum absolute atomic E-state index is 0. The van der Waals surface area contributed by atoms with Gasteiger partial charge in [0.2, 0.25) is 0 Å². The van der Waals surface area contributed by atoms with E-state index in [1.165, 1.54) is 11.3 Å². The number of anilines is 1. The average Bonchev–Trinajstić information content (AvgIpc) is 3.21. The highest BCUT2D eigenvalue weighted by molar-refractivity contribution is 14.0. The molecular formula is C21H32IN5O2. The molecule has 0 spiro atoms. The van der Waals surface area contributed by atoms with Gasteiger partial charge in [-0.25, -0.2) is 4.99 Å². The second-order valence-corrected chi connectivity index (χ2v) is 7.19. The maximum absolute atomic E-state index is 5.42. The first kappa shape index (κ1) is 23.5. The SMILES string of the molecule is CCNC(=NCc1ccc(N2CCOCC2)cc1)NCc1cc(C(C)C)no1.I. The van der Waals surface area contributed by atoms with Crippen molar-refractivity contribution in [1.82, 2.24) is 15.8 Å². The van der Waals surface area contributed by atoms with Crippen molar-refractivity contribution >= 4 is 35.6 Å². The van der Waals surface area contributed by atoms with Crippen molar-refractivity contribution in [3.63, 3.8) is 0 Å². The fraction of sp³-hybridized carbons (Fsp3) is 0.524. The first-order valence-electron chi connectivity index (χ1n) is 10.0. The van der Waals surface area contributed by atoms with Crippen molar-refractivity contribution in [2.24, 2.45) is 4.99 Å². The summed E-state index contributed by atoms with van der Waals surface area (Å²) in [4.78, 5) is 7.03. The van der Waals surface area contributed by atoms with Gasteiger partial charge in [0.25, 0.3) is 0 Å². The molecule has 1 aliphatic rings. The number of hydrogen-bond donors (Lipinski definition) is 2. The number of morpholine rings is 1. The highest BCUT2D eigenvalue weighted by Gasteiger charge is 2.11.